The molecule has 0 radical (unpaired) electrons. The van der Waals surface area contributed by atoms with Crippen molar-refractivity contribution in [3.8, 4) is 5.75 Å². The summed E-state index contributed by atoms with van der Waals surface area (Å²) < 4.78 is 7.20. The van der Waals surface area contributed by atoms with Crippen LogP contribution in [-0.4, -0.2) is 27.2 Å². The average Bonchev–Trinajstić information content (AvgIpc) is 2.68. The van der Waals surface area contributed by atoms with Crippen molar-refractivity contribution in [2.75, 3.05) is 7.11 Å². The van der Waals surface area contributed by atoms with Crippen LogP contribution in [-0.2, 0) is 7.05 Å². The van der Waals surface area contributed by atoms with Crippen LogP contribution in [0.5, 0.6) is 5.75 Å². The fraction of sp³-hybridized carbons (Fsp3) is 0.273. The molecule has 1 heterocycles. The van der Waals surface area contributed by atoms with Gasteiger partial charge in [-0.25, -0.2) is 4.68 Å². The number of hydrogen-bond donors (Lipinski definition) is 1. The minimum Gasteiger partial charge on any atom is -0.497 e. The van der Waals surface area contributed by atoms with E-state index in [1.54, 1.807) is 20.2 Å². The highest BCUT2D eigenvalue weighted by Gasteiger charge is 2.19. The molecular weight excluding hydrogens is 286 g/mol. The van der Waals surface area contributed by atoms with E-state index in [1.165, 1.54) is 4.68 Å². The first-order chi connectivity index (χ1) is 8.13. The van der Waals surface area contributed by atoms with Gasteiger partial charge in [-0.2, -0.15) is 0 Å². The topological polar surface area (TPSA) is 60.2 Å². The number of ether oxygens (including phenoxy) is 1. The van der Waals surface area contributed by atoms with E-state index >= 15 is 0 Å². The quantitative estimate of drug-likeness (QED) is 0.936. The first-order valence-electron chi connectivity index (χ1n) is 5.00. The summed E-state index contributed by atoms with van der Waals surface area (Å²) in [5.41, 5.74) is 1.34. The molecule has 1 unspecified atom stereocenters. The van der Waals surface area contributed by atoms with Crippen LogP contribution in [0.25, 0.3) is 0 Å². The second-order valence-corrected chi connectivity index (χ2v) is 4.32. The molecule has 0 bridgehead atoms. The van der Waals surface area contributed by atoms with Gasteiger partial charge >= 0.3 is 0 Å². The second kappa shape index (κ2) is 4.85. The van der Waals surface area contributed by atoms with Crippen molar-refractivity contribution >= 4 is 15.9 Å². The third kappa shape index (κ3) is 2.32. The monoisotopic (exact) mass is 297 g/mol. The van der Waals surface area contributed by atoms with Gasteiger partial charge in [-0.1, -0.05) is 17.3 Å². The molecule has 90 valence electrons. The number of nitrogens with zero attached hydrogens (tertiary/aromatic N) is 3. The Hall–Kier alpha value is -1.40. The molecule has 0 amide bonds. The number of rotatable bonds is 3. The first-order valence-corrected chi connectivity index (χ1v) is 5.80. The van der Waals surface area contributed by atoms with Crippen molar-refractivity contribution in [1.29, 1.82) is 0 Å². The first kappa shape index (κ1) is 12.1. The molecule has 0 aliphatic rings. The lowest BCUT2D eigenvalue weighted by Gasteiger charge is -2.12. The zero-order chi connectivity index (χ0) is 12.4. The highest BCUT2D eigenvalue weighted by Crippen LogP contribution is 2.28. The van der Waals surface area contributed by atoms with Gasteiger partial charge in [0, 0.05) is 7.05 Å². The Bertz CT molecular complexity index is 508. The largest absolute Gasteiger partial charge is 0.497 e. The van der Waals surface area contributed by atoms with Crippen molar-refractivity contribution < 1.29 is 9.84 Å². The van der Waals surface area contributed by atoms with Gasteiger partial charge in [0.25, 0.3) is 0 Å². The summed E-state index contributed by atoms with van der Waals surface area (Å²) in [5, 5.41) is 18.0. The van der Waals surface area contributed by atoms with Gasteiger partial charge in [-0.3, -0.25) is 0 Å². The zero-order valence-electron chi connectivity index (χ0n) is 9.46. The van der Waals surface area contributed by atoms with Crippen molar-refractivity contribution in [1.82, 2.24) is 15.0 Å². The number of methoxy groups -OCH3 is 1. The summed E-state index contributed by atoms with van der Waals surface area (Å²) in [6.07, 6.45) is -0.792. The predicted molar refractivity (Wildman–Crippen MR) is 65.8 cm³/mol. The molecule has 17 heavy (non-hydrogen) atoms. The van der Waals surface area contributed by atoms with Crippen LogP contribution < -0.4 is 4.74 Å². The second-order valence-electron chi connectivity index (χ2n) is 3.57. The summed E-state index contributed by atoms with van der Waals surface area (Å²) in [5.74, 6) is 0.702. The number of aliphatic hydroxyl groups is 1. The maximum Gasteiger partial charge on any atom is 0.154 e. The highest BCUT2D eigenvalue weighted by atomic mass is 79.9. The normalized spacial score (nSPS) is 12.5. The summed E-state index contributed by atoms with van der Waals surface area (Å²) >= 11 is 3.26. The lowest BCUT2D eigenvalue weighted by atomic mass is 10.1. The SMILES string of the molecule is COc1cccc(C(O)c2c(Br)nnn2C)c1. The van der Waals surface area contributed by atoms with Gasteiger partial charge in [0.05, 0.1) is 7.11 Å². The molecule has 1 N–H and O–H groups in total. The van der Waals surface area contributed by atoms with Gasteiger partial charge in [0.2, 0.25) is 0 Å². The van der Waals surface area contributed by atoms with E-state index < -0.39 is 6.10 Å². The summed E-state index contributed by atoms with van der Waals surface area (Å²) in [4.78, 5) is 0. The van der Waals surface area contributed by atoms with E-state index in [4.69, 9.17) is 4.74 Å². The Morgan fingerprint density at radius 1 is 1.47 bits per heavy atom. The van der Waals surface area contributed by atoms with Crippen molar-refractivity contribution in [3.63, 3.8) is 0 Å². The molecule has 0 aliphatic carbocycles. The van der Waals surface area contributed by atoms with Gasteiger partial charge in [0.15, 0.2) is 4.60 Å². The van der Waals surface area contributed by atoms with Gasteiger partial charge < -0.3 is 9.84 Å². The Balaban J connectivity index is 2.40. The van der Waals surface area contributed by atoms with E-state index in [0.29, 0.717) is 16.0 Å². The van der Waals surface area contributed by atoms with E-state index in [2.05, 4.69) is 26.2 Å². The third-order valence-electron chi connectivity index (χ3n) is 2.50. The van der Waals surface area contributed by atoms with Crippen LogP contribution in [0.4, 0.5) is 0 Å². The number of hydrogen-bond acceptors (Lipinski definition) is 4. The minimum absolute atomic E-state index is 0.537. The van der Waals surface area contributed by atoms with Crippen LogP contribution >= 0.6 is 15.9 Å². The lowest BCUT2D eigenvalue weighted by Crippen LogP contribution is -2.07. The molecule has 1 atom stereocenters. The fourth-order valence-electron chi connectivity index (χ4n) is 1.60. The molecule has 0 spiro atoms. The number of benzene rings is 1. The Labute approximate surface area is 107 Å². The van der Waals surface area contributed by atoms with Gasteiger partial charge in [-0.05, 0) is 33.6 Å². The molecule has 0 saturated carbocycles. The van der Waals surface area contributed by atoms with E-state index in [9.17, 15) is 5.11 Å². The zero-order valence-corrected chi connectivity index (χ0v) is 11.0. The van der Waals surface area contributed by atoms with Crippen molar-refractivity contribution in [3.05, 3.63) is 40.1 Å². The highest BCUT2D eigenvalue weighted by molar-refractivity contribution is 9.10. The molecule has 1 aromatic heterocycles. The molecule has 2 rings (SSSR count). The number of aromatic nitrogens is 3. The Morgan fingerprint density at radius 2 is 2.24 bits per heavy atom. The summed E-state index contributed by atoms with van der Waals surface area (Å²) in [6.45, 7) is 0. The maximum atomic E-state index is 10.3. The number of aryl methyl sites for hydroxylation is 1. The van der Waals surface area contributed by atoms with E-state index in [-0.39, 0.29) is 0 Å². The van der Waals surface area contributed by atoms with Crippen molar-refractivity contribution in [2.45, 2.75) is 6.10 Å². The molecule has 5 nitrogen and oxygen atoms in total. The van der Waals surface area contributed by atoms with E-state index in [0.717, 1.165) is 5.56 Å². The third-order valence-corrected chi connectivity index (χ3v) is 3.06. The summed E-state index contributed by atoms with van der Waals surface area (Å²) in [6, 6.07) is 7.26. The van der Waals surface area contributed by atoms with Crippen LogP contribution in [0.2, 0.25) is 0 Å². The summed E-state index contributed by atoms with van der Waals surface area (Å²) in [7, 11) is 3.32. The molecule has 2 aromatic rings. The molecule has 1 aromatic carbocycles. The smallest absolute Gasteiger partial charge is 0.154 e. The standard InChI is InChI=1S/C11H12BrN3O2/c1-15-9(11(12)13-14-15)10(16)7-4-3-5-8(6-7)17-2/h3-6,10,16H,1-2H3. The molecule has 0 aliphatic heterocycles. The van der Waals surface area contributed by atoms with E-state index in [1.807, 2.05) is 18.2 Å². The van der Waals surface area contributed by atoms with Crippen LogP contribution in [0.3, 0.4) is 0 Å². The molecule has 0 saturated heterocycles. The molecule has 6 heteroatoms. The van der Waals surface area contributed by atoms with Crippen LogP contribution in [0, 0.1) is 0 Å². The van der Waals surface area contributed by atoms with Crippen molar-refractivity contribution in [2.24, 2.45) is 7.05 Å². The predicted octanol–water partition coefficient (Wildman–Crippen LogP) is 1.67. The number of halogens is 1. The van der Waals surface area contributed by atoms with Crippen LogP contribution in [0.1, 0.15) is 17.4 Å². The molecular formula is C11H12BrN3O2. The Morgan fingerprint density at radius 3 is 2.82 bits per heavy atom. The Kier molecular flexibility index (Phi) is 3.44. The molecule has 0 fully saturated rings. The van der Waals surface area contributed by atoms with Gasteiger partial charge in [0.1, 0.15) is 17.5 Å². The average molecular weight is 298 g/mol. The van der Waals surface area contributed by atoms with Gasteiger partial charge in [-0.15, -0.1) is 5.10 Å². The van der Waals surface area contributed by atoms with Crippen LogP contribution in [0.15, 0.2) is 28.9 Å². The lowest BCUT2D eigenvalue weighted by molar-refractivity contribution is 0.208. The maximum absolute atomic E-state index is 10.3. The minimum atomic E-state index is -0.792. The fourth-order valence-corrected chi connectivity index (χ4v) is 2.14. The number of aliphatic hydroxyl groups excluding tert-OH is 1.